The molecule has 2 rings (SSSR count). The van der Waals surface area contributed by atoms with Crippen molar-refractivity contribution in [2.75, 3.05) is 6.54 Å². The zero-order valence-electron chi connectivity index (χ0n) is 15.9. The van der Waals surface area contributed by atoms with Gasteiger partial charge < -0.3 is 15.1 Å². The third-order valence-electron chi connectivity index (χ3n) is 4.93. The number of carbonyl (C=O) groups is 2. The van der Waals surface area contributed by atoms with E-state index < -0.39 is 12.1 Å². The van der Waals surface area contributed by atoms with Gasteiger partial charge in [0.25, 0.3) is 0 Å². The molecule has 27 heavy (non-hydrogen) atoms. The number of hydrogen-bond donors (Lipinski definition) is 2. The summed E-state index contributed by atoms with van der Waals surface area (Å²) in [6.45, 7) is 4.32. The fraction of sp³-hybridized carbons (Fsp3) is 0.455. The summed E-state index contributed by atoms with van der Waals surface area (Å²) >= 11 is 0. The number of benzene rings is 1. The highest BCUT2D eigenvalue weighted by atomic mass is 16.4. The highest BCUT2D eigenvalue weighted by molar-refractivity contribution is 5.87. The predicted molar refractivity (Wildman–Crippen MR) is 104 cm³/mol. The van der Waals surface area contributed by atoms with Gasteiger partial charge in [-0.25, -0.2) is 4.79 Å². The molecule has 0 aliphatic carbocycles. The van der Waals surface area contributed by atoms with E-state index in [2.05, 4.69) is 11.8 Å². The van der Waals surface area contributed by atoms with Crippen LogP contribution in [0.5, 0.6) is 0 Å². The number of hydrogen-bond acceptors (Lipinski definition) is 3. The van der Waals surface area contributed by atoms with Crippen LogP contribution >= 0.6 is 0 Å². The molecule has 5 heteroatoms. The minimum absolute atomic E-state index is 0.00472. The molecule has 1 aromatic rings. The molecule has 0 spiro atoms. The van der Waals surface area contributed by atoms with Crippen molar-refractivity contribution in [3.05, 3.63) is 47.5 Å². The van der Waals surface area contributed by atoms with Gasteiger partial charge in [0.05, 0.1) is 17.7 Å². The number of carboxylic acids is 1. The number of carbonyl (C=O) groups excluding carboxylic acids is 1. The number of rotatable bonds is 8. The fourth-order valence-corrected chi connectivity index (χ4v) is 3.13. The van der Waals surface area contributed by atoms with Gasteiger partial charge in [0.15, 0.2) is 0 Å². The zero-order chi connectivity index (χ0) is 19.8. The highest BCUT2D eigenvalue weighted by Gasteiger charge is 2.28. The van der Waals surface area contributed by atoms with Gasteiger partial charge in [-0.2, -0.15) is 0 Å². The van der Waals surface area contributed by atoms with Crippen LogP contribution < -0.4 is 0 Å². The van der Waals surface area contributed by atoms with Gasteiger partial charge >= 0.3 is 5.97 Å². The van der Waals surface area contributed by atoms with Gasteiger partial charge in [-0.15, -0.1) is 11.8 Å². The summed E-state index contributed by atoms with van der Waals surface area (Å²) in [5, 5.41) is 19.2. The summed E-state index contributed by atoms with van der Waals surface area (Å²) in [5.74, 6) is 5.03. The summed E-state index contributed by atoms with van der Waals surface area (Å²) in [7, 11) is 0. The van der Waals surface area contributed by atoms with E-state index in [9.17, 15) is 14.7 Å². The average molecular weight is 369 g/mol. The maximum Gasteiger partial charge on any atom is 0.335 e. The first-order chi connectivity index (χ1) is 12.9. The molecule has 0 bridgehead atoms. The number of nitrogens with zero attached hydrogens (tertiary/aromatic N) is 1. The largest absolute Gasteiger partial charge is 0.478 e. The Labute approximate surface area is 160 Å². The zero-order valence-corrected chi connectivity index (χ0v) is 15.9. The average Bonchev–Trinajstić information content (AvgIpc) is 3.02. The first-order valence-corrected chi connectivity index (χ1v) is 9.30. The topological polar surface area (TPSA) is 77.8 Å². The van der Waals surface area contributed by atoms with E-state index in [4.69, 9.17) is 5.11 Å². The number of carboxylic acid groups (broad SMARTS) is 1. The third-order valence-corrected chi connectivity index (χ3v) is 4.93. The lowest BCUT2D eigenvalue weighted by Crippen LogP contribution is -2.34. The second kappa shape index (κ2) is 9.94. The molecular formula is C22H27NO4. The molecule has 1 aliphatic heterocycles. The van der Waals surface area contributed by atoms with E-state index >= 15 is 0 Å². The molecule has 1 heterocycles. The molecule has 0 radical (unpaired) electrons. The second-order valence-electron chi connectivity index (χ2n) is 6.93. The van der Waals surface area contributed by atoms with E-state index in [0.29, 0.717) is 25.8 Å². The van der Waals surface area contributed by atoms with Crippen molar-refractivity contribution < 1.29 is 19.8 Å². The number of aliphatic hydroxyl groups is 1. The smallest absolute Gasteiger partial charge is 0.335 e. The predicted octanol–water partition coefficient (Wildman–Crippen LogP) is 2.88. The molecule has 0 aromatic heterocycles. The molecule has 1 fully saturated rings. The quantitative estimate of drug-likeness (QED) is 0.546. The molecular weight excluding hydrogens is 342 g/mol. The van der Waals surface area contributed by atoms with Crippen LogP contribution in [0.15, 0.2) is 36.4 Å². The first kappa shape index (κ1) is 20.7. The highest BCUT2D eigenvalue weighted by Crippen LogP contribution is 2.21. The lowest BCUT2D eigenvalue weighted by atomic mass is 10.00. The van der Waals surface area contributed by atoms with Crippen LogP contribution in [-0.2, 0) is 11.2 Å². The van der Waals surface area contributed by atoms with Crippen molar-refractivity contribution in [3.63, 3.8) is 0 Å². The summed E-state index contributed by atoms with van der Waals surface area (Å²) in [6.07, 6.45) is 5.71. The Morgan fingerprint density at radius 3 is 2.70 bits per heavy atom. The molecule has 1 aliphatic rings. The van der Waals surface area contributed by atoms with Crippen molar-refractivity contribution in [1.82, 2.24) is 4.90 Å². The molecule has 5 nitrogen and oxygen atoms in total. The molecule has 1 saturated heterocycles. The van der Waals surface area contributed by atoms with Crippen molar-refractivity contribution in [1.29, 1.82) is 0 Å². The molecule has 1 aromatic carbocycles. The van der Waals surface area contributed by atoms with Gasteiger partial charge in [0, 0.05) is 19.4 Å². The van der Waals surface area contributed by atoms with E-state index in [1.807, 2.05) is 17.9 Å². The SMILES string of the molecule is CC#CC[C@H](C)[C@H](O)C=C[C@H]1CCC(=O)N1CCc1ccc(C(=O)O)cc1. The summed E-state index contributed by atoms with van der Waals surface area (Å²) in [5.41, 5.74) is 1.25. The van der Waals surface area contributed by atoms with Crippen LogP contribution in [0.2, 0.25) is 0 Å². The molecule has 0 saturated carbocycles. The standard InChI is InChI=1S/C22H27NO4/c1-3-4-5-16(2)20(24)12-10-19-11-13-21(25)23(19)15-14-17-6-8-18(9-7-17)22(26)27/h6-10,12,16,19-20,24H,5,11,13-15H2,1-2H3,(H,26,27)/t16-,19-,20+/m0/s1. The Morgan fingerprint density at radius 1 is 1.37 bits per heavy atom. The number of aliphatic hydroxyl groups excluding tert-OH is 1. The van der Waals surface area contributed by atoms with Gasteiger partial charge in [0.2, 0.25) is 5.91 Å². The molecule has 0 unspecified atom stereocenters. The maximum absolute atomic E-state index is 12.2. The molecule has 144 valence electrons. The van der Waals surface area contributed by atoms with Gasteiger partial charge in [-0.3, -0.25) is 4.79 Å². The Bertz CT molecular complexity index is 742. The van der Waals surface area contributed by atoms with Gasteiger partial charge in [-0.1, -0.05) is 31.2 Å². The molecule has 1 amide bonds. The Balaban J connectivity index is 1.93. The Hall–Kier alpha value is -2.58. The second-order valence-corrected chi connectivity index (χ2v) is 6.93. The van der Waals surface area contributed by atoms with E-state index in [1.54, 1.807) is 37.3 Å². The minimum Gasteiger partial charge on any atom is -0.478 e. The van der Waals surface area contributed by atoms with Crippen LogP contribution in [0.25, 0.3) is 0 Å². The van der Waals surface area contributed by atoms with Crippen LogP contribution in [0.3, 0.4) is 0 Å². The summed E-state index contributed by atoms with van der Waals surface area (Å²) in [4.78, 5) is 25.0. The summed E-state index contributed by atoms with van der Waals surface area (Å²) < 4.78 is 0. The van der Waals surface area contributed by atoms with Crippen LogP contribution in [0.1, 0.15) is 49.0 Å². The first-order valence-electron chi connectivity index (χ1n) is 9.30. The fourth-order valence-electron chi connectivity index (χ4n) is 3.13. The van der Waals surface area contributed by atoms with Crippen LogP contribution in [0.4, 0.5) is 0 Å². The van der Waals surface area contributed by atoms with Gasteiger partial charge in [0.1, 0.15) is 0 Å². The van der Waals surface area contributed by atoms with E-state index in [0.717, 1.165) is 12.0 Å². The number of amides is 1. The van der Waals surface area contributed by atoms with Crippen LogP contribution in [-0.4, -0.2) is 45.7 Å². The van der Waals surface area contributed by atoms with Gasteiger partial charge in [-0.05, 0) is 43.4 Å². The Morgan fingerprint density at radius 2 is 2.07 bits per heavy atom. The third kappa shape index (κ3) is 5.97. The van der Waals surface area contributed by atoms with Crippen molar-refractivity contribution >= 4 is 11.9 Å². The normalized spacial score (nSPS) is 19.0. The van der Waals surface area contributed by atoms with Crippen molar-refractivity contribution in [2.45, 2.75) is 51.7 Å². The summed E-state index contributed by atoms with van der Waals surface area (Å²) in [6, 6.07) is 6.73. The molecule has 2 N–H and O–H groups in total. The number of aromatic carboxylic acids is 1. The lowest BCUT2D eigenvalue weighted by Gasteiger charge is -2.23. The van der Waals surface area contributed by atoms with Crippen LogP contribution in [0, 0.1) is 17.8 Å². The Kier molecular flexibility index (Phi) is 7.63. The monoisotopic (exact) mass is 369 g/mol. The van der Waals surface area contributed by atoms with Crippen molar-refractivity contribution in [3.8, 4) is 11.8 Å². The van der Waals surface area contributed by atoms with E-state index in [-0.39, 0.29) is 23.4 Å². The minimum atomic E-state index is -0.945. The number of likely N-dealkylation sites (tertiary alicyclic amines) is 1. The van der Waals surface area contributed by atoms with E-state index in [1.165, 1.54) is 0 Å². The lowest BCUT2D eigenvalue weighted by molar-refractivity contribution is -0.128. The van der Waals surface area contributed by atoms with Crippen molar-refractivity contribution in [2.24, 2.45) is 5.92 Å². The maximum atomic E-state index is 12.2. The molecule has 3 atom stereocenters.